The Kier molecular flexibility index (Phi) is 40.3. The number of halogens is 3. The first-order valence-corrected chi connectivity index (χ1v) is 40.1. The van der Waals surface area contributed by atoms with E-state index in [1.54, 1.807) is 53.4 Å². The Hall–Kier alpha value is -6.83. The number of carbonyl (C=O) groups excluding carboxylic acids is 5. The third kappa shape index (κ3) is 28.4. The van der Waals surface area contributed by atoms with E-state index in [4.69, 9.17) is 117 Å². The minimum atomic E-state index is -2.02. The SMILES string of the molecule is CCC1O[C@H](OC(=N)C(Cl)(Cl)Cl)C(OC(=O)c2ccccc2)[C@@H](C)[C@@H]1C.CCC1O[C@H](OC2CN(C(=O)OCc3ccccc3)C2)C(OC(=O)c2ccccc2)[C@@H](C)[C@@H]1C.O=C(OCc1ccccc1)N1CC(O)C1.O=C(OCc1ccccc1)N1CC(O[C@H]2OC(CO)[C@@H](O)[C@H](O)C2O)C1.OCC1O[C@H](OC2CNC2)C(O)[C@@H](O)[C@@H]1O.[CH3-].[Pd]. The molecule has 5 aromatic carbocycles. The van der Waals surface area contributed by atoms with Gasteiger partial charge in [-0.25, -0.2) is 24.0 Å². The third-order valence-corrected chi connectivity index (χ3v) is 21.7. The van der Waals surface area contributed by atoms with Crippen molar-refractivity contribution in [2.45, 2.75) is 201 Å². The molecule has 0 aromatic heterocycles. The Morgan fingerprint density at radius 2 is 0.739 bits per heavy atom. The molecule has 8 heterocycles. The molecule has 0 radical (unpaired) electrons. The topological polar surface area (TPSA) is 433 Å². The average Bonchev–Trinajstić information content (AvgIpc) is 0.798. The second kappa shape index (κ2) is 48.3. The van der Waals surface area contributed by atoms with E-state index in [2.05, 4.69) is 26.1 Å². The van der Waals surface area contributed by atoms with Crippen molar-refractivity contribution in [1.29, 1.82) is 5.41 Å². The van der Waals surface area contributed by atoms with Crippen molar-refractivity contribution in [2.24, 2.45) is 23.7 Å². The van der Waals surface area contributed by atoms with E-state index in [9.17, 15) is 54.6 Å². The van der Waals surface area contributed by atoms with Crippen molar-refractivity contribution in [1.82, 2.24) is 20.0 Å². The van der Waals surface area contributed by atoms with Gasteiger partial charge in [0.15, 0.2) is 31.1 Å². The van der Waals surface area contributed by atoms with Gasteiger partial charge in [-0.3, -0.25) is 5.41 Å². The quantitative estimate of drug-likeness (QED) is 0.00693. The molecule has 8 fully saturated rings. The largest absolute Gasteiger partial charge is 0.453 e. The summed E-state index contributed by atoms with van der Waals surface area (Å²) < 4.78 is 70.4. The number of aliphatic hydroxyl groups is 9. The summed E-state index contributed by atoms with van der Waals surface area (Å²) >= 11 is 17.1. The monoisotopic (exact) mass is 1820 g/mol. The number of hydrogen-bond acceptors (Lipinski definition) is 29. The zero-order valence-corrected chi connectivity index (χ0v) is 70.9. The molecule has 8 unspecified atom stereocenters. The standard InChI is InChI=1S/C27H33NO6.C18H22Cl3NO4.C17H23NO8.C11H13NO3.C9H17NO6.CH3.Pd/c1-4-23-18(2)19(3)24(34-25(29)21-13-9-6-10-14-21)26(33-23)32-22-15-28(16-22)27(30)31-17-20-11-7-5-8-12-20;1-4-13-10(2)11(3)14(16(24-13)26-17(22)18(19,20)21)25-15(23)12-8-6-5-7-9-12;19-8-12-13(20)14(21)15(22)16(26-12)25-11-6-18(7-11)17(23)24-9-10-4-2-1-3-5-10;13-10-6-12(7-10)11(14)15-8-9-4-2-1-3-5-9;11-3-5-6(12)7(13)8(14)9(16-5)15-4-1-10-2-4;;/h5-14,18-19,22-24,26H,4,15-17H2,1-3H3;5-11,13-14,16,22H,4H2,1-3H3;1-5,11-16,19-22H,6-9H2;1-5,10,13H,6-8H2;4-14H,1-3H2;1H3;/q;;;;;-1;/t18-,19-,23?,24?,26-;10-,11-,13?,14?,16+;12?,13-,14+,15?,16+;;5?,6-,7+,8?,9+;;/m001.1../s1. The molecule has 5 aromatic rings. The fraction of sp³-hybridized carbons (Fsp3) is 0.554. The van der Waals surface area contributed by atoms with Crippen LogP contribution in [0, 0.1) is 36.5 Å². The Bertz CT molecular complexity index is 3850. The van der Waals surface area contributed by atoms with Crippen molar-refractivity contribution in [2.75, 3.05) is 65.6 Å². The fourth-order valence-corrected chi connectivity index (χ4v) is 13.5. The summed E-state index contributed by atoms with van der Waals surface area (Å²) in [6.07, 6.45) is -16.3. The number of alkyl halides is 3. The number of esters is 2. The number of nitrogens with zero attached hydrogens (tertiary/aromatic N) is 3. The predicted octanol–water partition coefficient (Wildman–Crippen LogP) is 6.69. The van der Waals surface area contributed by atoms with E-state index in [1.807, 2.05) is 124 Å². The number of β-amino-alcohol motifs (C(OH)–C–C–N with tert-alkyl or cyclic N) is 1. The van der Waals surface area contributed by atoms with Crippen LogP contribution in [0.2, 0.25) is 0 Å². The fourth-order valence-electron chi connectivity index (χ4n) is 13.4. The van der Waals surface area contributed by atoms with Gasteiger partial charge < -0.3 is 135 Å². The molecular weight excluding hydrogens is 1710 g/mol. The molecule has 32 nitrogen and oxygen atoms in total. The number of ether oxygens (including phenoxy) is 13. The summed E-state index contributed by atoms with van der Waals surface area (Å²) in [5, 5.41) is 95.9. The summed E-state index contributed by atoms with van der Waals surface area (Å²) in [4.78, 5) is 65.4. The average molecular weight is 1820 g/mol. The number of carbonyl (C=O) groups is 5. The van der Waals surface area contributed by atoms with Crippen LogP contribution in [0.25, 0.3) is 0 Å². The molecule has 0 saturated carbocycles. The molecule has 8 aliphatic rings. The van der Waals surface area contributed by atoms with Crippen LogP contribution in [0.4, 0.5) is 14.4 Å². The van der Waals surface area contributed by atoms with Crippen molar-refractivity contribution in [3.8, 4) is 0 Å². The molecule has 13 rings (SSSR count). The molecule has 119 heavy (non-hydrogen) atoms. The van der Waals surface area contributed by atoms with E-state index < -0.39 is 133 Å². The van der Waals surface area contributed by atoms with Gasteiger partial charge in [0, 0.05) is 45.3 Å². The number of aliphatic hydroxyl groups excluding tert-OH is 9. The maximum Gasteiger partial charge on any atom is 0.410 e. The first-order chi connectivity index (χ1) is 56.0. The van der Waals surface area contributed by atoms with Crippen molar-refractivity contribution >= 4 is 70.9 Å². The molecule has 20 atom stereocenters. The van der Waals surface area contributed by atoms with Crippen molar-refractivity contribution < 1.29 is 152 Å². The van der Waals surface area contributed by atoms with Crippen molar-refractivity contribution in [3.05, 3.63) is 187 Å². The molecule has 8 saturated heterocycles. The van der Waals surface area contributed by atoms with Gasteiger partial charge in [-0.2, -0.15) is 0 Å². The summed E-state index contributed by atoms with van der Waals surface area (Å²) in [7, 11) is 0. The van der Waals surface area contributed by atoms with Gasteiger partial charge >= 0.3 is 30.2 Å². The Morgan fingerprint density at radius 3 is 1.06 bits per heavy atom. The summed E-state index contributed by atoms with van der Waals surface area (Å²) in [6.45, 7) is 15.4. The van der Waals surface area contributed by atoms with E-state index in [0.29, 0.717) is 50.4 Å². The second-order valence-electron chi connectivity index (χ2n) is 29.6. The molecule has 36 heteroatoms. The first kappa shape index (κ1) is 99.3. The number of nitrogens with one attached hydrogen (secondary N) is 2. The van der Waals surface area contributed by atoms with E-state index in [-0.39, 0.29) is 127 Å². The van der Waals surface area contributed by atoms with Crippen LogP contribution in [-0.4, -0.2) is 289 Å². The van der Waals surface area contributed by atoms with Crippen molar-refractivity contribution in [3.63, 3.8) is 0 Å². The van der Waals surface area contributed by atoms with Crippen LogP contribution in [-0.2, 0) is 102 Å². The maximum atomic E-state index is 12.8. The number of likely N-dealkylation sites (tertiary alicyclic amines) is 3. The van der Waals surface area contributed by atoms with Gasteiger partial charge in [0.05, 0.1) is 100 Å². The van der Waals surface area contributed by atoms with Crippen LogP contribution >= 0.6 is 34.8 Å². The molecule has 8 aliphatic heterocycles. The van der Waals surface area contributed by atoms with Crippen LogP contribution in [0.3, 0.4) is 0 Å². The van der Waals surface area contributed by atoms with Gasteiger partial charge in [0.25, 0.3) is 3.79 Å². The minimum absolute atomic E-state index is 0. The van der Waals surface area contributed by atoms with Crippen LogP contribution < -0.4 is 5.32 Å². The predicted molar refractivity (Wildman–Crippen MR) is 427 cm³/mol. The number of amides is 3. The maximum absolute atomic E-state index is 12.8. The Balaban J connectivity index is 0.000000210. The molecule has 3 amide bonds. The Labute approximate surface area is 721 Å². The molecular formula is C83H111Cl3N5O27Pd-. The summed E-state index contributed by atoms with van der Waals surface area (Å²) in [6, 6.07) is 46.0. The second-order valence-corrected chi connectivity index (χ2v) is 31.9. The zero-order valence-electron chi connectivity index (χ0n) is 67.1. The van der Waals surface area contributed by atoms with Gasteiger partial charge in [-0.15, -0.1) is 0 Å². The van der Waals surface area contributed by atoms with Gasteiger partial charge in [0.1, 0.15) is 68.7 Å². The Morgan fingerprint density at radius 1 is 0.429 bits per heavy atom. The normalized spacial score (nSPS) is 29.2. The number of benzene rings is 5. The molecule has 0 aliphatic carbocycles. The summed E-state index contributed by atoms with van der Waals surface area (Å²) in [5.41, 5.74) is 3.70. The van der Waals surface area contributed by atoms with Crippen LogP contribution in [0.1, 0.15) is 91.8 Å². The van der Waals surface area contributed by atoms with E-state index in [0.717, 1.165) is 29.5 Å². The minimum Gasteiger partial charge on any atom is -0.453 e. The van der Waals surface area contributed by atoms with Gasteiger partial charge in [-0.05, 0) is 65.6 Å². The summed E-state index contributed by atoms with van der Waals surface area (Å²) in [5.74, 6) is -1.15. The van der Waals surface area contributed by atoms with Crippen LogP contribution in [0.5, 0.6) is 0 Å². The molecule has 11 N–H and O–H groups in total. The molecule has 0 bridgehead atoms. The van der Waals surface area contributed by atoms with Gasteiger partial charge in [-0.1, -0.05) is 204 Å². The first-order valence-electron chi connectivity index (χ1n) is 39.0. The number of rotatable bonds is 21. The molecule has 662 valence electrons. The smallest absolute Gasteiger partial charge is 0.410 e. The van der Waals surface area contributed by atoms with E-state index in [1.165, 1.54) is 9.80 Å². The van der Waals surface area contributed by atoms with Gasteiger partial charge in [0.2, 0.25) is 12.2 Å². The van der Waals surface area contributed by atoms with E-state index >= 15 is 0 Å². The zero-order chi connectivity index (χ0) is 84.6. The molecule has 0 spiro atoms. The van der Waals surface area contributed by atoms with Crippen LogP contribution in [0.15, 0.2) is 152 Å². The number of hydrogen-bond donors (Lipinski definition) is 11. The third-order valence-electron chi connectivity index (χ3n) is 21.2.